The molecule has 1 N–H and O–H groups in total. The first kappa shape index (κ1) is 11.8. The van der Waals surface area contributed by atoms with Crippen LogP contribution in [-0.2, 0) is 0 Å². The second kappa shape index (κ2) is 4.78. The van der Waals surface area contributed by atoms with E-state index in [4.69, 9.17) is 11.6 Å². The molecule has 0 saturated carbocycles. The number of nitrogens with zero attached hydrogens (tertiary/aromatic N) is 1. The highest BCUT2D eigenvalue weighted by Gasteiger charge is 2.08. The molecule has 4 heteroatoms. The molecular weight excluding hydrogens is 260 g/mol. The molecule has 0 aliphatic rings. The van der Waals surface area contributed by atoms with Crippen LogP contribution in [0, 0.1) is 0 Å². The Morgan fingerprint density at radius 1 is 1.00 bits per heavy atom. The van der Waals surface area contributed by atoms with Crippen LogP contribution in [-0.4, -0.2) is 10.6 Å². The Balaban J connectivity index is 1.90. The van der Waals surface area contributed by atoms with E-state index in [1.165, 1.54) is 0 Å². The highest BCUT2D eigenvalue weighted by molar-refractivity contribution is 6.30. The van der Waals surface area contributed by atoms with Gasteiger partial charge in [-0.1, -0.05) is 29.8 Å². The van der Waals surface area contributed by atoms with Crippen LogP contribution in [0.25, 0.3) is 10.9 Å². The van der Waals surface area contributed by atoms with Gasteiger partial charge in [-0.05, 0) is 36.4 Å². The van der Waals surface area contributed by atoms with Crippen molar-refractivity contribution in [3.63, 3.8) is 0 Å². The van der Waals surface area contributed by atoms with Crippen molar-refractivity contribution >= 4 is 34.2 Å². The molecule has 1 aromatic heterocycles. The maximum Gasteiger partial charge on any atom is 0.330 e. The molecule has 94 valence electrons. The summed E-state index contributed by atoms with van der Waals surface area (Å²) in [4.78, 5) is 12.2. The zero-order valence-electron chi connectivity index (χ0n) is 10.0. The molecule has 0 fully saturated rings. The number of nitrogens with one attached hydrogen (secondary N) is 1. The Labute approximate surface area is 115 Å². The van der Waals surface area contributed by atoms with Crippen molar-refractivity contribution in [2.45, 2.75) is 0 Å². The van der Waals surface area contributed by atoms with Gasteiger partial charge in [-0.3, -0.25) is 4.57 Å². The molecule has 19 heavy (non-hydrogen) atoms. The topological polar surface area (TPSA) is 34.0 Å². The summed E-state index contributed by atoms with van der Waals surface area (Å²) >= 11 is 5.81. The number of amides is 1. The number of carbonyl (C=O) groups excluding carboxylic acids is 1. The van der Waals surface area contributed by atoms with E-state index in [0.29, 0.717) is 10.7 Å². The van der Waals surface area contributed by atoms with E-state index in [9.17, 15) is 4.79 Å². The number of hydrogen-bond acceptors (Lipinski definition) is 1. The standard InChI is InChI=1S/C15H11ClN2O/c16-12-5-7-13(8-6-12)17-15(19)18-10-9-11-3-1-2-4-14(11)18/h1-10H,(H,17,19). The number of aromatic nitrogens is 1. The van der Waals surface area contributed by atoms with Crippen molar-refractivity contribution in [2.24, 2.45) is 0 Å². The van der Waals surface area contributed by atoms with Crippen molar-refractivity contribution in [1.29, 1.82) is 0 Å². The van der Waals surface area contributed by atoms with E-state index in [1.54, 1.807) is 35.0 Å². The third-order valence-corrected chi connectivity index (χ3v) is 3.17. The van der Waals surface area contributed by atoms with E-state index < -0.39 is 0 Å². The fourth-order valence-electron chi connectivity index (χ4n) is 1.98. The maximum absolute atomic E-state index is 12.2. The third-order valence-electron chi connectivity index (χ3n) is 2.91. The van der Waals surface area contributed by atoms with Crippen molar-refractivity contribution < 1.29 is 4.79 Å². The molecule has 0 radical (unpaired) electrons. The predicted molar refractivity (Wildman–Crippen MR) is 77.8 cm³/mol. The van der Waals surface area contributed by atoms with Crippen LogP contribution in [0.1, 0.15) is 0 Å². The van der Waals surface area contributed by atoms with Gasteiger partial charge in [-0.2, -0.15) is 0 Å². The highest BCUT2D eigenvalue weighted by atomic mass is 35.5. The first-order chi connectivity index (χ1) is 9.24. The third kappa shape index (κ3) is 2.33. The van der Waals surface area contributed by atoms with Gasteiger partial charge in [0.2, 0.25) is 0 Å². The molecule has 0 bridgehead atoms. The van der Waals surface area contributed by atoms with E-state index >= 15 is 0 Å². The first-order valence-electron chi connectivity index (χ1n) is 5.87. The van der Waals surface area contributed by atoms with Crippen LogP contribution in [0.15, 0.2) is 60.8 Å². The molecule has 0 aliphatic carbocycles. The largest absolute Gasteiger partial charge is 0.330 e. The van der Waals surface area contributed by atoms with Crippen molar-refractivity contribution in [3.8, 4) is 0 Å². The van der Waals surface area contributed by atoms with E-state index in [0.717, 1.165) is 10.9 Å². The van der Waals surface area contributed by atoms with Crippen LogP contribution < -0.4 is 5.32 Å². The summed E-state index contributed by atoms with van der Waals surface area (Å²) in [6.07, 6.45) is 1.76. The minimum absolute atomic E-state index is 0.191. The number of carbonyl (C=O) groups is 1. The second-order valence-electron chi connectivity index (χ2n) is 4.18. The zero-order valence-corrected chi connectivity index (χ0v) is 10.8. The lowest BCUT2D eigenvalue weighted by atomic mass is 10.2. The van der Waals surface area contributed by atoms with Crippen molar-refractivity contribution in [1.82, 2.24) is 4.57 Å². The smallest absolute Gasteiger partial charge is 0.307 e. The Morgan fingerprint density at radius 3 is 2.53 bits per heavy atom. The highest BCUT2D eigenvalue weighted by Crippen LogP contribution is 2.17. The minimum atomic E-state index is -0.191. The van der Waals surface area contributed by atoms with Gasteiger partial charge in [-0.15, -0.1) is 0 Å². The number of rotatable bonds is 1. The zero-order chi connectivity index (χ0) is 13.2. The molecule has 3 nitrogen and oxygen atoms in total. The molecule has 2 aromatic carbocycles. The summed E-state index contributed by atoms with van der Waals surface area (Å²) in [5, 5.41) is 4.51. The molecule has 0 unspecified atom stereocenters. The van der Waals surface area contributed by atoms with Crippen LogP contribution >= 0.6 is 11.6 Å². The van der Waals surface area contributed by atoms with Gasteiger partial charge >= 0.3 is 6.03 Å². The number of fused-ring (bicyclic) bond motifs is 1. The van der Waals surface area contributed by atoms with Crippen LogP contribution in [0.5, 0.6) is 0 Å². The Morgan fingerprint density at radius 2 is 1.74 bits per heavy atom. The first-order valence-corrected chi connectivity index (χ1v) is 6.25. The van der Waals surface area contributed by atoms with Gasteiger partial charge in [0, 0.05) is 22.3 Å². The molecule has 0 saturated heterocycles. The van der Waals surface area contributed by atoms with Gasteiger partial charge in [0.25, 0.3) is 0 Å². The van der Waals surface area contributed by atoms with E-state index in [-0.39, 0.29) is 6.03 Å². The number of benzene rings is 2. The van der Waals surface area contributed by atoms with Crippen molar-refractivity contribution in [2.75, 3.05) is 5.32 Å². The fourth-order valence-corrected chi connectivity index (χ4v) is 2.10. The quantitative estimate of drug-likeness (QED) is 0.700. The predicted octanol–water partition coefficient (Wildman–Crippen LogP) is 4.37. The molecule has 0 spiro atoms. The lowest BCUT2D eigenvalue weighted by molar-refractivity contribution is 0.254. The molecular formula is C15H11ClN2O. The number of para-hydroxylation sites is 1. The van der Waals surface area contributed by atoms with Crippen molar-refractivity contribution in [3.05, 3.63) is 65.8 Å². The number of hydrogen-bond donors (Lipinski definition) is 1. The number of anilines is 1. The molecule has 1 heterocycles. The summed E-state index contributed by atoms with van der Waals surface area (Å²) in [5.41, 5.74) is 1.60. The summed E-state index contributed by atoms with van der Waals surface area (Å²) in [5.74, 6) is 0. The Kier molecular flexibility index (Phi) is 2.97. The van der Waals surface area contributed by atoms with E-state index in [1.807, 2.05) is 30.3 Å². The summed E-state index contributed by atoms with van der Waals surface area (Å²) < 4.78 is 1.59. The average Bonchev–Trinajstić information content (AvgIpc) is 2.85. The van der Waals surface area contributed by atoms with Crippen LogP contribution in [0.2, 0.25) is 5.02 Å². The van der Waals surface area contributed by atoms with Gasteiger partial charge < -0.3 is 5.32 Å². The number of halogens is 1. The average molecular weight is 271 g/mol. The molecule has 3 aromatic rings. The summed E-state index contributed by atoms with van der Waals surface area (Å²) in [6.45, 7) is 0. The van der Waals surface area contributed by atoms with Crippen LogP contribution in [0.4, 0.5) is 10.5 Å². The van der Waals surface area contributed by atoms with Gasteiger partial charge in [-0.25, -0.2) is 4.79 Å². The van der Waals surface area contributed by atoms with Gasteiger partial charge in [0.05, 0.1) is 5.52 Å². The Hall–Kier alpha value is -2.26. The lowest BCUT2D eigenvalue weighted by Gasteiger charge is -2.07. The molecule has 1 amide bonds. The summed E-state index contributed by atoms with van der Waals surface area (Å²) in [6, 6.07) is 16.5. The van der Waals surface area contributed by atoms with Gasteiger partial charge in [0.1, 0.15) is 0 Å². The maximum atomic E-state index is 12.2. The lowest BCUT2D eigenvalue weighted by Crippen LogP contribution is -2.18. The van der Waals surface area contributed by atoms with E-state index in [2.05, 4.69) is 5.32 Å². The molecule has 0 atom stereocenters. The molecule has 3 rings (SSSR count). The normalized spacial score (nSPS) is 10.6. The Bertz CT molecular complexity index is 731. The minimum Gasteiger partial charge on any atom is -0.307 e. The van der Waals surface area contributed by atoms with Crippen LogP contribution in [0.3, 0.4) is 0 Å². The van der Waals surface area contributed by atoms with Gasteiger partial charge in [0.15, 0.2) is 0 Å². The monoisotopic (exact) mass is 270 g/mol. The fraction of sp³-hybridized carbons (Fsp3) is 0. The second-order valence-corrected chi connectivity index (χ2v) is 4.62. The molecule has 0 aliphatic heterocycles. The SMILES string of the molecule is O=C(Nc1ccc(Cl)cc1)n1ccc2ccccc21. The summed E-state index contributed by atoms with van der Waals surface area (Å²) in [7, 11) is 0.